The van der Waals surface area contributed by atoms with Crippen LogP contribution in [0.25, 0.3) is 11.1 Å². The SMILES string of the molecule is Cc1cc2c3c(c1)N(c1ccccc1-c1ccccc1)c1cc4c(cc1B3C1=C(C3C=C(C(C)(C)C)C=CC3S1)N2c1ccc(C(C)(C)C)cc1)C(C)(C)CCC4(C)C. The first-order chi connectivity index (χ1) is 27.9. The Balaban J connectivity index is 1.31. The number of anilines is 5. The molecule has 0 N–H and O–H groups in total. The monoisotopic (exact) mass is 790 g/mol. The lowest BCUT2D eigenvalue weighted by atomic mass is 9.36. The van der Waals surface area contributed by atoms with Gasteiger partial charge in [-0.3, -0.25) is 0 Å². The summed E-state index contributed by atoms with van der Waals surface area (Å²) in [6.45, 7) is 26.4. The number of hydrogen-bond acceptors (Lipinski definition) is 3. The van der Waals surface area contributed by atoms with Crippen LogP contribution in [0, 0.1) is 18.3 Å². The van der Waals surface area contributed by atoms with Gasteiger partial charge in [-0.2, -0.15) is 0 Å². The second kappa shape index (κ2) is 13.2. The summed E-state index contributed by atoms with van der Waals surface area (Å²) in [6.07, 6.45) is 9.95. The highest BCUT2D eigenvalue weighted by molar-refractivity contribution is 8.06. The number of fused-ring (bicyclic) bond motifs is 6. The lowest BCUT2D eigenvalue weighted by Crippen LogP contribution is -2.56. The topological polar surface area (TPSA) is 6.48 Å². The molecular weight excluding hydrogens is 731 g/mol. The van der Waals surface area contributed by atoms with E-state index in [1.165, 1.54) is 102 Å². The molecule has 5 aliphatic rings. The van der Waals surface area contributed by atoms with Crippen molar-refractivity contribution in [2.45, 2.75) is 110 Å². The predicted molar refractivity (Wildman–Crippen MR) is 257 cm³/mol. The molecule has 0 fully saturated rings. The fraction of sp³-hybridized carbons (Fsp3) is 0.345. The third-order valence-corrected chi connectivity index (χ3v) is 15.6. The molecule has 0 saturated heterocycles. The van der Waals surface area contributed by atoms with Gasteiger partial charge in [0.05, 0.1) is 5.69 Å². The van der Waals surface area contributed by atoms with Crippen molar-refractivity contribution in [1.82, 2.24) is 0 Å². The number of nitrogens with zero attached hydrogens (tertiary/aromatic N) is 2. The summed E-state index contributed by atoms with van der Waals surface area (Å²) in [7, 11) is 0. The molecule has 5 aromatic rings. The third kappa shape index (κ3) is 6.06. The van der Waals surface area contributed by atoms with E-state index in [-0.39, 0.29) is 34.3 Å². The molecular formula is C55H59BN2S. The molecule has 3 aliphatic heterocycles. The second-order valence-electron chi connectivity index (χ2n) is 21.3. The van der Waals surface area contributed by atoms with Gasteiger partial charge >= 0.3 is 0 Å². The fourth-order valence-corrected chi connectivity index (χ4v) is 12.2. The van der Waals surface area contributed by atoms with E-state index in [4.69, 9.17) is 0 Å². The van der Waals surface area contributed by atoms with Crippen molar-refractivity contribution in [2.75, 3.05) is 9.80 Å². The van der Waals surface area contributed by atoms with E-state index in [0.717, 1.165) is 0 Å². The van der Waals surface area contributed by atoms with Crippen LogP contribution in [0.15, 0.2) is 137 Å². The maximum absolute atomic E-state index is 2.69. The molecule has 0 aromatic heterocycles. The summed E-state index contributed by atoms with van der Waals surface area (Å²) >= 11 is 2.13. The highest BCUT2D eigenvalue weighted by Gasteiger charge is 2.52. The quantitative estimate of drug-likeness (QED) is 0.168. The van der Waals surface area contributed by atoms with Gasteiger partial charge in [-0.25, -0.2) is 0 Å². The van der Waals surface area contributed by atoms with Crippen LogP contribution in [0.3, 0.4) is 0 Å². The minimum atomic E-state index is 0.0620. The van der Waals surface area contributed by atoms with Crippen LogP contribution in [0.1, 0.15) is 104 Å². The Bertz CT molecular complexity index is 2630. The summed E-state index contributed by atoms with van der Waals surface area (Å²) < 4.78 is 0. The molecule has 0 saturated carbocycles. The van der Waals surface area contributed by atoms with Crippen LogP contribution >= 0.6 is 11.8 Å². The van der Waals surface area contributed by atoms with E-state index in [0.29, 0.717) is 5.25 Å². The molecule has 3 heterocycles. The highest BCUT2D eigenvalue weighted by Crippen LogP contribution is 2.58. The average Bonchev–Trinajstić information content (AvgIpc) is 3.57. The van der Waals surface area contributed by atoms with E-state index in [1.54, 1.807) is 0 Å². The average molecular weight is 791 g/mol. The summed E-state index contributed by atoms with van der Waals surface area (Å²) in [5.41, 5.74) is 20.6. The zero-order chi connectivity index (χ0) is 41.4. The molecule has 10 rings (SSSR count). The molecule has 0 spiro atoms. The van der Waals surface area contributed by atoms with Crippen LogP contribution in [-0.4, -0.2) is 12.0 Å². The molecule has 0 amide bonds. The molecule has 2 atom stereocenters. The minimum absolute atomic E-state index is 0.0620. The first-order valence-corrected chi connectivity index (χ1v) is 22.8. The van der Waals surface area contributed by atoms with Gasteiger partial charge in [0, 0.05) is 45.2 Å². The van der Waals surface area contributed by atoms with Crippen molar-refractivity contribution in [2.24, 2.45) is 11.3 Å². The molecule has 0 bridgehead atoms. The number of aryl methyl sites for hydroxylation is 1. The molecule has 5 aromatic carbocycles. The summed E-state index contributed by atoms with van der Waals surface area (Å²) in [5, 5.41) is 0.342. The number of para-hydroxylation sites is 1. The largest absolute Gasteiger partial charge is 0.314 e. The Morgan fingerprint density at radius 3 is 1.95 bits per heavy atom. The molecule has 2 nitrogen and oxygen atoms in total. The van der Waals surface area contributed by atoms with Crippen molar-refractivity contribution in [3.05, 3.63) is 160 Å². The number of benzene rings is 5. The Labute approximate surface area is 358 Å². The normalized spacial score (nSPS) is 21.1. The lowest BCUT2D eigenvalue weighted by Gasteiger charge is -2.47. The predicted octanol–water partition coefficient (Wildman–Crippen LogP) is 13.9. The third-order valence-electron chi connectivity index (χ3n) is 14.2. The van der Waals surface area contributed by atoms with Crippen molar-refractivity contribution in [1.29, 1.82) is 0 Å². The first-order valence-electron chi connectivity index (χ1n) is 21.9. The molecule has 4 heteroatoms. The van der Waals surface area contributed by atoms with E-state index in [1.807, 2.05) is 0 Å². The van der Waals surface area contributed by atoms with E-state index < -0.39 is 0 Å². The summed E-state index contributed by atoms with van der Waals surface area (Å²) in [4.78, 5) is 6.86. The first kappa shape index (κ1) is 38.5. The molecule has 2 aliphatic carbocycles. The van der Waals surface area contributed by atoms with Gasteiger partial charge < -0.3 is 9.80 Å². The smallest absolute Gasteiger partial charge is 0.259 e. The van der Waals surface area contributed by atoms with Crippen LogP contribution in [0.5, 0.6) is 0 Å². The van der Waals surface area contributed by atoms with Crippen LogP contribution in [0.2, 0.25) is 0 Å². The van der Waals surface area contributed by atoms with Crippen LogP contribution in [0.4, 0.5) is 28.4 Å². The van der Waals surface area contributed by atoms with Crippen molar-refractivity contribution < 1.29 is 0 Å². The van der Waals surface area contributed by atoms with E-state index >= 15 is 0 Å². The van der Waals surface area contributed by atoms with Gasteiger partial charge in [-0.15, -0.1) is 11.8 Å². The van der Waals surface area contributed by atoms with E-state index in [9.17, 15) is 0 Å². The Morgan fingerprint density at radius 2 is 1.29 bits per heavy atom. The van der Waals surface area contributed by atoms with Crippen molar-refractivity contribution in [3.63, 3.8) is 0 Å². The number of thioether (sulfide) groups is 1. The van der Waals surface area contributed by atoms with Gasteiger partial charge in [0.2, 0.25) is 0 Å². The maximum Gasteiger partial charge on any atom is 0.259 e. The number of rotatable bonds is 3. The minimum Gasteiger partial charge on any atom is -0.314 e. The fourth-order valence-electron chi connectivity index (χ4n) is 10.7. The standard InChI is InChI=1S/C55H59BN2S/c1-34-29-46-49-47(30-34)58(44-20-16-15-19-39(44)35-17-13-12-14-18-35)45-33-42-41(54(8,9)27-28-55(42,10)11)32-43(45)56(49)51-50(40-31-37(53(5,6)7)23-26-48(40)59-51)57(46)38-24-21-36(22-25-38)52(2,3)4/h12-26,29-33,40,48H,27-28H2,1-11H3. The van der Waals surface area contributed by atoms with E-state index in [2.05, 4.69) is 219 Å². The van der Waals surface area contributed by atoms with Crippen LogP contribution < -0.4 is 20.7 Å². The van der Waals surface area contributed by atoms with Gasteiger partial charge in [-0.05, 0) is 127 Å². The number of allylic oxidation sites excluding steroid dienone is 3. The number of hydrogen-bond donors (Lipinski definition) is 0. The van der Waals surface area contributed by atoms with Crippen LogP contribution in [-0.2, 0) is 16.2 Å². The zero-order valence-corrected chi connectivity index (χ0v) is 37.8. The molecule has 298 valence electrons. The van der Waals surface area contributed by atoms with Crippen molar-refractivity contribution >= 4 is 57.8 Å². The van der Waals surface area contributed by atoms with Crippen molar-refractivity contribution in [3.8, 4) is 11.1 Å². The van der Waals surface area contributed by atoms with Gasteiger partial charge in [0.15, 0.2) is 0 Å². The van der Waals surface area contributed by atoms with Gasteiger partial charge in [0.1, 0.15) is 0 Å². The maximum atomic E-state index is 2.69. The van der Waals surface area contributed by atoms with Gasteiger partial charge in [-0.1, -0.05) is 154 Å². The Kier molecular flexibility index (Phi) is 8.60. The highest BCUT2D eigenvalue weighted by atomic mass is 32.2. The summed E-state index contributed by atoms with van der Waals surface area (Å²) in [6, 6.07) is 39.9. The molecule has 2 unspecified atom stereocenters. The second-order valence-corrected chi connectivity index (χ2v) is 22.5. The summed E-state index contributed by atoms with van der Waals surface area (Å²) in [5.74, 6) is 0.266. The lowest BCUT2D eigenvalue weighted by molar-refractivity contribution is 0.332. The Morgan fingerprint density at radius 1 is 0.661 bits per heavy atom. The molecule has 59 heavy (non-hydrogen) atoms. The zero-order valence-electron chi connectivity index (χ0n) is 37.0. The van der Waals surface area contributed by atoms with Gasteiger partial charge in [0.25, 0.3) is 6.71 Å². The Hall–Kier alpha value is -4.67. The molecule has 0 radical (unpaired) electrons.